The summed E-state index contributed by atoms with van der Waals surface area (Å²) < 4.78 is 5.55. The van der Waals surface area contributed by atoms with Crippen LogP contribution >= 0.6 is 11.3 Å². The van der Waals surface area contributed by atoms with Gasteiger partial charge >= 0.3 is 5.97 Å². The summed E-state index contributed by atoms with van der Waals surface area (Å²) in [4.78, 5) is 24.4. The summed E-state index contributed by atoms with van der Waals surface area (Å²) in [6.07, 6.45) is 3.37. The molecule has 128 valence electrons. The highest BCUT2D eigenvalue weighted by atomic mass is 32.1. The van der Waals surface area contributed by atoms with Crippen LogP contribution in [0.1, 0.15) is 34.5 Å². The van der Waals surface area contributed by atoms with Crippen LogP contribution in [0.4, 0.5) is 0 Å². The van der Waals surface area contributed by atoms with Crippen LogP contribution in [0.25, 0.3) is 10.1 Å². The van der Waals surface area contributed by atoms with Gasteiger partial charge in [-0.25, -0.2) is 4.79 Å². The number of carbonyl (C=O) groups excluding carboxylic acids is 2. The number of amides is 1. The summed E-state index contributed by atoms with van der Waals surface area (Å²) in [6.45, 7) is 0. The molecule has 2 fully saturated rings. The van der Waals surface area contributed by atoms with Gasteiger partial charge in [-0.05, 0) is 54.8 Å². The highest BCUT2D eigenvalue weighted by molar-refractivity contribution is 7.19. The van der Waals surface area contributed by atoms with E-state index in [4.69, 9.17) is 0 Å². The molecule has 0 aliphatic carbocycles. The number of rotatable bonds is 2. The zero-order chi connectivity index (χ0) is 17.4. The third-order valence-electron chi connectivity index (χ3n) is 4.87. The third kappa shape index (κ3) is 3.26. The number of thiophene rings is 1. The first-order chi connectivity index (χ1) is 12.1. The number of benzene rings is 1. The Morgan fingerprint density at radius 2 is 2.20 bits per heavy atom. The van der Waals surface area contributed by atoms with E-state index < -0.39 is 5.97 Å². The van der Waals surface area contributed by atoms with Gasteiger partial charge in [-0.2, -0.15) is 0 Å². The Morgan fingerprint density at radius 3 is 2.92 bits per heavy atom. The standard InChI is InChI=1S/C19H18N2O3S/c1-24-18(22)7-4-14-9-12-8-11(2-6-17(12)25-14)19(23)21-16-10-13-3-5-15(16)20-13/h2,6,8-9,13,15-16,20H,3,5,10H2,1H3,(H,21,23)/t13-,15+,16-/m1/s1. The largest absolute Gasteiger partial charge is 0.459 e. The van der Waals surface area contributed by atoms with Gasteiger partial charge in [0.15, 0.2) is 0 Å². The molecule has 2 bridgehead atoms. The van der Waals surface area contributed by atoms with Gasteiger partial charge in [-0.1, -0.05) is 0 Å². The van der Waals surface area contributed by atoms with Crippen molar-refractivity contribution in [3.05, 3.63) is 34.7 Å². The van der Waals surface area contributed by atoms with Gasteiger partial charge in [0.05, 0.1) is 12.0 Å². The van der Waals surface area contributed by atoms with E-state index in [1.54, 1.807) is 0 Å². The summed E-state index contributed by atoms with van der Waals surface area (Å²) in [6, 6.07) is 8.75. The van der Waals surface area contributed by atoms with Crippen LogP contribution in [0.5, 0.6) is 0 Å². The van der Waals surface area contributed by atoms with E-state index in [9.17, 15) is 9.59 Å². The highest BCUT2D eigenvalue weighted by Crippen LogP contribution is 2.29. The second kappa shape index (κ2) is 6.51. The van der Waals surface area contributed by atoms with Crippen molar-refractivity contribution >= 4 is 33.3 Å². The molecule has 0 unspecified atom stereocenters. The van der Waals surface area contributed by atoms with Gasteiger partial charge in [0, 0.05) is 34.3 Å². The van der Waals surface area contributed by atoms with Crippen LogP contribution in [0, 0.1) is 11.8 Å². The predicted octanol–water partition coefficient (Wildman–Crippen LogP) is 2.05. The maximum Gasteiger partial charge on any atom is 0.384 e. The van der Waals surface area contributed by atoms with E-state index in [0.29, 0.717) is 17.6 Å². The second-order valence-corrected chi connectivity index (χ2v) is 7.55. The number of methoxy groups -OCH3 is 1. The number of hydrogen-bond acceptors (Lipinski definition) is 5. The molecule has 2 aliphatic heterocycles. The zero-order valence-corrected chi connectivity index (χ0v) is 14.6. The fraction of sp³-hybridized carbons (Fsp3) is 0.368. The van der Waals surface area contributed by atoms with Crippen LogP contribution in [0.15, 0.2) is 24.3 Å². The summed E-state index contributed by atoms with van der Waals surface area (Å²) in [5.74, 6) is 4.63. The molecule has 2 N–H and O–H groups in total. The highest BCUT2D eigenvalue weighted by Gasteiger charge is 2.39. The predicted molar refractivity (Wildman–Crippen MR) is 96.5 cm³/mol. The van der Waals surface area contributed by atoms with Crippen LogP contribution in [0.3, 0.4) is 0 Å². The van der Waals surface area contributed by atoms with E-state index in [1.807, 2.05) is 24.3 Å². The molecule has 25 heavy (non-hydrogen) atoms. The normalized spacial score (nSPS) is 24.0. The van der Waals surface area contributed by atoms with Gasteiger partial charge in [0.1, 0.15) is 0 Å². The van der Waals surface area contributed by atoms with Crippen molar-refractivity contribution in [1.29, 1.82) is 0 Å². The van der Waals surface area contributed by atoms with Crippen molar-refractivity contribution in [1.82, 2.24) is 10.6 Å². The molecule has 0 radical (unpaired) electrons. The smallest absolute Gasteiger partial charge is 0.384 e. The maximum absolute atomic E-state index is 12.6. The Morgan fingerprint density at radius 1 is 1.32 bits per heavy atom. The lowest BCUT2D eigenvalue weighted by atomic mass is 9.95. The van der Waals surface area contributed by atoms with Gasteiger partial charge in [0.2, 0.25) is 0 Å². The summed E-state index contributed by atoms with van der Waals surface area (Å²) >= 11 is 1.49. The molecule has 2 aromatic rings. The topological polar surface area (TPSA) is 67.4 Å². The molecule has 2 saturated heterocycles. The zero-order valence-electron chi connectivity index (χ0n) is 13.8. The first kappa shape index (κ1) is 16.1. The van der Waals surface area contributed by atoms with E-state index in [2.05, 4.69) is 27.2 Å². The fourth-order valence-corrected chi connectivity index (χ4v) is 4.54. The van der Waals surface area contributed by atoms with Crippen molar-refractivity contribution in [2.24, 2.45) is 0 Å². The van der Waals surface area contributed by atoms with Gasteiger partial charge < -0.3 is 15.4 Å². The van der Waals surface area contributed by atoms with Crippen LogP contribution < -0.4 is 10.6 Å². The minimum Gasteiger partial charge on any atom is -0.459 e. The van der Waals surface area contributed by atoms with Gasteiger partial charge in [-0.15, -0.1) is 11.3 Å². The molecule has 4 rings (SSSR count). The van der Waals surface area contributed by atoms with E-state index >= 15 is 0 Å². The second-order valence-electron chi connectivity index (χ2n) is 6.47. The van der Waals surface area contributed by atoms with Crippen LogP contribution in [0.2, 0.25) is 0 Å². The number of fused-ring (bicyclic) bond motifs is 3. The molecule has 3 atom stereocenters. The monoisotopic (exact) mass is 354 g/mol. The average molecular weight is 354 g/mol. The Kier molecular flexibility index (Phi) is 4.20. The van der Waals surface area contributed by atoms with Crippen molar-refractivity contribution in [2.75, 3.05) is 7.11 Å². The molecule has 1 aromatic heterocycles. The molecule has 0 spiro atoms. The number of esters is 1. The Labute approximate surface area is 149 Å². The van der Waals surface area contributed by atoms with Gasteiger partial charge in [0.25, 0.3) is 5.91 Å². The average Bonchev–Trinajstić information content (AvgIpc) is 3.33. The number of carbonyl (C=O) groups is 2. The first-order valence-electron chi connectivity index (χ1n) is 8.33. The Hall–Kier alpha value is -2.36. The van der Waals surface area contributed by atoms with Crippen LogP contribution in [-0.2, 0) is 9.53 Å². The summed E-state index contributed by atoms with van der Waals surface area (Å²) in [7, 11) is 1.30. The van der Waals surface area contributed by atoms with Crippen molar-refractivity contribution in [3.8, 4) is 11.8 Å². The van der Waals surface area contributed by atoms with E-state index in [1.165, 1.54) is 24.9 Å². The van der Waals surface area contributed by atoms with Crippen molar-refractivity contribution in [2.45, 2.75) is 37.4 Å². The molecule has 1 amide bonds. The molecule has 5 nitrogen and oxygen atoms in total. The summed E-state index contributed by atoms with van der Waals surface area (Å²) in [5.41, 5.74) is 0.653. The summed E-state index contributed by atoms with van der Waals surface area (Å²) in [5, 5.41) is 7.64. The van der Waals surface area contributed by atoms with Crippen LogP contribution in [-0.4, -0.2) is 37.1 Å². The third-order valence-corrected chi connectivity index (χ3v) is 5.90. The van der Waals surface area contributed by atoms with Crippen molar-refractivity contribution in [3.63, 3.8) is 0 Å². The molecule has 2 aliphatic rings. The molecular formula is C19H18N2O3S. The van der Waals surface area contributed by atoms with Gasteiger partial charge in [-0.3, -0.25) is 4.79 Å². The number of nitrogens with one attached hydrogen (secondary N) is 2. The lowest BCUT2D eigenvalue weighted by Crippen LogP contribution is -2.42. The quantitative estimate of drug-likeness (QED) is 0.640. The molecule has 0 saturated carbocycles. The molecule has 1 aromatic carbocycles. The first-order valence-corrected chi connectivity index (χ1v) is 9.14. The Balaban J connectivity index is 1.51. The van der Waals surface area contributed by atoms with E-state index in [-0.39, 0.29) is 11.9 Å². The molecular weight excluding hydrogens is 336 g/mol. The lowest BCUT2D eigenvalue weighted by Gasteiger charge is -2.21. The SMILES string of the molecule is COC(=O)C#Cc1cc2cc(C(=O)N[C@@H]3C[C@H]4CC[C@@H]3N4)ccc2s1. The number of hydrogen-bond donors (Lipinski definition) is 2. The van der Waals surface area contributed by atoms with Crippen molar-refractivity contribution < 1.29 is 14.3 Å². The lowest BCUT2D eigenvalue weighted by molar-refractivity contribution is -0.133. The minimum atomic E-state index is -0.558. The Bertz CT molecular complexity index is 908. The minimum absolute atomic E-state index is 0.0327. The number of ether oxygens (including phenoxy) is 1. The molecule has 6 heteroatoms. The fourth-order valence-electron chi connectivity index (χ4n) is 3.65. The molecule has 3 heterocycles. The van der Waals surface area contributed by atoms with E-state index in [0.717, 1.165) is 27.8 Å². The maximum atomic E-state index is 12.6.